The van der Waals surface area contributed by atoms with Crippen molar-refractivity contribution in [3.8, 4) is 11.3 Å². The average Bonchev–Trinajstić information content (AvgIpc) is 3.01. The molecule has 1 aromatic carbocycles. The molecule has 1 aromatic heterocycles. The van der Waals surface area contributed by atoms with Gasteiger partial charge in [-0.3, -0.25) is 4.79 Å². The fourth-order valence-electron chi connectivity index (χ4n) is 2.02. The van der Waals surface area contributed by atoms with Crippen LogP contribution in [0.3, 0.4) is 0 Å². The smallest absolute Gasteiger partial charge is 0.416 e. The highest BCUT2D eigenvalue weighted by Gasteiger charge is 2.30. The van der Waals surface area contributed by atoms with Gasteiger partial charge >= 0.3 is 12.1 Å². The summed E-state index contributed by atoms with van der Waals surface area (Å²) in [6, 6.07) is 7.08. The van der Waals surface area contributed by atoms with Gasteiger partial charge in [-0.1, -0.05) is 12.1 Å². The van der Waals surface area contributed by atoms with Crippen molar-refractivity contribution in [1.29, 1.82) is 0 Å². The highest BCUT2D eigenvalue weighted by molar-refractivity contribution is 5.89. The molecule has 1 heterocycles. The van der Waals surface area contributed by atoms with Crippen LogP contribution in [0, 0.1) is 0 Å². The topological polar surface area (TPSA) is 68.5 Å². The van der Waals surface area contributed by atoms with Gasteiger partial charge in [-0.25, -0.2) is 4.79 Å². The molecule has 0 aliphatic rings. The maximum absolute atomic E-state index is 12.7. The van der Waals surface area contributed by atoms with Crippen LogP contribution in [0.15, 0.2) is 40.8 Å². The fourth-order valence-corrected chi connectivity index (χ4v) is 2.02. The summed E-state index contributed by atoms with van der Waals surface area (Å²) in [5, 5.41) is 2.55. The zero-order chi connectivity index (χ0) is 18.6. The maximum atomic E-state index is 12.7. The van der Waals surface area contributed by atoms with Crippen molar-refractivity contribution in [1.82, 2.24) is 5.32 Å². The third-order valence-electron chi connectivity index (χ3n) is 3.07. The predicted octanol–water partition coefficient (Wildman–Crippen LogP) is 3.65. The van der Waals surface area contributed by atoms with Gasteiger partial charge in [0.05, 0.1) is 5.56 Å². The number of esters is 1. The molecule has 0 fully saturated rings. The number of amides is 1. The summed E-state index contributed by atoms with van der Waals surface area (Å²) < 4.78 is 48.3. The highest BCUT2D eigenvalue weighted by atomic mass is 19.4. The lowest BCUT2D eigenvalue weighted by Gasteiger charge is -2.08. The number of rotatable bonds is 5. The lowest BCUT2D eigenvalue weighted by molar-refractivity contribution is -0.137. The second kappa shape index (κ2) is 7.42. The predicted molar refractivity (Wildman–Crippen MR) is 82.7 cm³/mol. The van der Waals surface area contributed by atoms with Gasteiger partial charge < -0.3 is 14.5 Å². The number of hydrogen-bond acceptors (Lipinski definition) is 4. The molecule has 2 aromatic rings. The molecule has 2 rings (SSSR count). The second-order valence-electron chi connectivity index (χ2n) is 5.54. The van der Waals surface area contributed by atoms with E-state index in [0.29, 0.717) is 0 Å². The van der Waals surface area contributed by atoms with Crippen molar-refractivity contribution >= 4 is 11.9 Å². The molecule has 0 radical (unpaired) electrons. The molecule has 134 valence electrons. The van der Waals surface area contributed by atoms with Crippen LogP contribution in [0.1, 0.15) is 30.0 Å². The molecule has 25 heavy (non-hydrogen) atoms. The van der Waals surface area contributed by atoms with Crippen LogP contribution in [0.25, 0.3) is 11.3 Å². The molecule has 0 atom stereocenters. The van der Waals surface area contributed by atoms with Crippen molar-refractivity contribution in [3.63, 3.8) is 0 Å². The summed E-state index contributed by atoms with van der Waals surface area (Å²) in [5.74, 6) is -1.46. The first kappa shape index (κ1) is 18.6. The van der Waals surface area contributed by atoms with Crippen LogP contribution in [-0.2, 0) is 15.7 Å². The van der Waals surface area contributed by atoms with E-state index in [-0.39, 0.29) is 23.1 Å². The van der Waals surface area contributed by atoms with Crippen molar-refractivity contribution in [2.75, 3.05) is 6.61 Å². The van der Waals surface area contributed by atoms with E-state index in [0.717, 1.165) is 12.1 Å². The van der Waals surface area contributed by atoms with E-state index >= 15 is 0 Å². The summed E-state index contributed by atoms with van der Waals surface area (Å²) in [6.07, 6.45) is -4.48. The number of nitrogens with one attached hydrogen (secondary N) is 1. The summed E-state index contributed by atoms with van der Waals surface area (Å²) in [5.41, 5.74) is -0.651. The van der Waals surface area contributed by atoms with E-state index in [1.807, 2.05) is 0 Å². The van der Waals surface area contributed by atoms with Crippen LogP contribution >= 0.6 is 0 Å². The summed E-state index contributed by atoms with van der Waals surface area (Å²) in [4.78, 5) is 23.3. The Morgan fingerprint density at radius 1 is 1.20 bits per heavy atom. The third-order valence-corrected chi connectivity index (χ3v) is 3.07. The molecule has 0 aliphatic heterocycles. The summed E-state index contributed by atoms with van der Waals surface area (Å²) >= 11 is 0. The number of halogens is 3. The molecule has 0 unspecified atom stereocenters. The van der Waals surface area contributed by atoms with Gasteiger partial charge in [0.2, 0.25) is 5.76 Å². The zero-order valence-electron chi connectivity index (χ0n) is 13.5. The second-order valence-corrected chi connectivity index (χ2v) is 5.54. The lowest BCUT2D eigenvalue weighted by atomic mass is 10.1. The van der Waals surface area contributed by atoms with E-state index in [1.165, 1.54) is 24.3 Å². The van der Waals surface area contributed by atoms with Gasteiger partial charge in [-0.05, 0) is 38.1 Å². The van der Waals surface area contributed by atoms with E-state index in [9.17, 15) is 22.8 Å². The van der Waals surface area contributed by atoms with E-state index in [2.05, 4.69) is 5.32 Å². The van der Waals surface area contributed by atoms with Crippen molar-refractivity contribution in [3.05, 3.63) is 47.7 Å². The molecule has 5 nitrogen and oxygen atoms in total. The molecule has 0 saturated heterocycles. The molecular formula is C17H16F3NO4. The van der Waals surface area contributed by atoms with Gasteiger partial charge in [0.15, 0.2) is 6.61 Å². The number of ether oxygens (including phenoxy) is 1. The molecule has 1 N–H and O–H groups in total. The highest BCUT2D eigenvalue weighted by Crippen LogP contribution is 2.32. The van der Waals surface area contributed by atoms with Crippen molar-refractivity contribution < 1.29 is 31.9 Å². The normalized spacial score (nSPS) is 11.4. The SMILES string of the molecule is CC(C)NC(=O)COC(=O)c1ccc(-c2cccc(C(F)(F)F)c2)o1. The Bertz CT molecular complexity index is 765. The Balaban J connectivity index is 2.07. The summed E-state index contributed by atoms with van der Waals surface area (Å²) in [6.45, 7) is 3.04. The van der Waals surface area contributed by atoms with Crippen LogP contribution in [0.4, 0.5) is 13.2 Å². The third kappa shape index (κ3) is 5.10. The molecule has 0 saturated carbocycles. The minimum Gasteiger partial charge on any atom is -0.450 e. The molecular weight excluding hydrogens is 339 g/mol. The number of carbonyl (C=O) groups is 2. The zero-order valence-corrected chi connectivity index (χ0v) is 13.5. The molecule has 0 spiro atoms. The first-order valence-electron chi connectivity index (χ1n) is 7.41. The number of furan rings is 1. The Morgan fingerprint density at radius 3 is 2.56 bits per heavy atom. The summed E-state index contributed by atoms with van der Waals surface area (Å²) in [7, 11) is 0. The van der Waals surface area contributed by atoms with E-state index in [1.54, 1.807) is 13.8 Å². The number of alkyl halides is 3. The van der Waals surface area contributed by atoms with Gasteiger partial charge in [0.1, 0.15) is 5.76 Å². The quantitative estimate of drug-likeness (QED) is 0.832. The Morgan fingerprint density at radius 2 is 1.92 bits per heavy atom. The molecule has 8 heteroatoms. The minimum atomic E-state index is -4.48. The van der Waals surface area contributed by atoms with Crippen LogP contribution < -0.4 is 5.32 Å². The first-order valence-corrected chi connectivity index (χ1v) is 7.41. The number of carbonyl (C=O) groups excluding carboxylic acids is 2. The number of benzene rings is 1. The Labute approximate surface area is 141 Å². The Hall–Kier alpha value is -2.77. The van der Waals surface area contributed by atoms with Crippen LogP contribution in [-0.4, -0.2) is 24.5 Å². The molecule has 0 bridgehead atoms. The standard InChI is InChI=1S/C17H16F3NO4/c1-10(2)21-15(22)9-24-16(23)14-7-6-13(25-14)11-4-3-5-12(8-11)17(18,19)20/h3-8,10H,9H2,1-2H3,(H,21,22). The average molecular weight is 355 g/mol. The molecule has 1 amide bonds. The largest absolute Gasteiger partial charge is 0.450 e. The van der Waals surface area contributed by atoms with Crippen molar-refractivity contribution in [2.45, 2.75) is 26.1 Å². The monoisotopic (exact) mass is 355 g/mol. The van der Waals surface area contributed by atoms with Gasteiger partial charge in [-0.15, -0.1) is 0 Å². The number of hydrogen-bond donors (Lipinski definition) is 1. The first-order chi connectivity index (χ1) is 11.7. The minimum absolute atomic E-state index is 0.0877. The lowest BCUT2D eigenvalue weighted by Crippen LogP contribution is -2.33. The van der Waals surface area contributed by atoms with E-state index < -0.39 is 30.2 Å². The van der Waals surface area contributed by atoms with E-state index in [4.69, 9.17) is 9.15 Å². The van der Waals surface area contributed by atoms with Crippen LogP contribution in [0.5, 0.6) is 0 Å². The van der Waals surface area contributed by atoms with Gasteiger partial charge in [-0.2, -0.15) is 13.2 Å². The maximum Gasteiger partial charge on any atom is 0.416 e. The van der Waals surface area contributed by atoms with Gasteiger partial charge in [0.25, 0.3) is 5.91 Å². The van der Waals surface area contributed by atoms with Crippen molar-refractivity contribution in [2.24, 2.45) is 0 Å². The Kier molecular flexibility index (Phi) is 5.51. The van der Waals surface area contributed by atoms with Gasteiger partial charge in [0, 0.05) is 11.6 Å². The molecule has 0 aliphatic carbocycles. The fraction of sp³-hybridized carbons (Fsp3) is 0.294. The van der Waals surface area contributed by atoms with Crippen LogP contribution in [0.2, 0.25) is 0 Å².